The first-order chi connectivity index (χ1) is 11.4. The normalized spacial score (nSPS) is 11.4. The van der Waals surface area contributed by atoms with Gasteiger partial charge in [-0.1, -0.05) is 71.4 Å². The Balaban J connectivity index is 4.13. The van der Waals surface area contributed by atoms with Crippen molar-refractivity contribution in [1.82, 2.24) is 0 Å². The Morgan fingerprint density at radius 1 is 1.00 bits per heavy atom. The fraction of sp³-hybridized carbons (Fsp3) is 0.650. The van der Waals surface area contributed by atoms with Crippen molar-refractivity contribution in [3.8, 4) is 6.07 Å². The highest BCUT2D eigenvalue weighted by atomic mass is 16.5. The van der Waals surface area contributed by atoms with Crippen LogP contribution in [0, 0.1) is 11.3 Å². The summed E-state index contributed by atoms with van der Waals surface area (Å²) in [5, 5.41) is 8.66. The molecule has 0 aliphatic carbocycles. The molecule has 0 rings (SSSR count). The van der Waals surface area contributed by atoms with Crippen LogP contribution in [0.2, 0.25) is 0 Å². The summed E-state index contributed by atoms with van der Waals surface area (Å²) < 4.78 is 5.13. The Bertz CT molecular complexity index is 474. The van der Waals surface area contributed by atoms with Gasteiger partial charge in [0, 0.05) is 0 Å². The SMILES string of the molecule is C=C(C)C(=O)C(CCCCCCCCCCC)OC(=O)C(=C)C#N. The highest BCUT2D eigenvalue weighted by Crippen LogP contribution is 2.15. The quantitative estimate of drug-likeness (QED) is 0.193. The third-order valence-corrected chi connectivity index (χ3v) is 3.91. The maximum absolute atomic E-state index is 12.1. The average Bonchev–Trinajstić information content (AvgIpc) is 2.57. The first-order valence-electron chi connectivity index (χ1n) is 8.93. The number of nitriles is 1. The molecule has 0 aromatic carbocycles. The van der Waals surface area contributed by atoms with Gasteiger partial charge >= 0.3 is 5.97 Å². The molecule has 1 atom stereocenters. The Morgan fingerprint density at radius 2 is 1.50 bits per heavy atom. The third-order valence-electron chi connectivity index (χ3n) is 3.91. The molecular weight excluding hydrogens is 302 g/mol. The van der Waals surface area contributed by atoms with Gasteiger partial charge in [0.1, 0.15) is 11.6 Å². The summed E-state index contributed by atoms with van der Waals surface area (Å²) in [6.07, 6.45) is 10.2. The van der Waals surface area contributed by atoms with E-state index in [1.807, 2.05) is 0 Å². The number of carbonyl (C=O) groups excluding carboxylic acids is 2. The van der Waals surface area contributed by atoms with Gasteiger partial charge in [0.05, 0.1) is 0 Å². The van der Waals surface area contributed by atoms with Crippen molar-refractivity contribution in [2.45, 2.75) is 84.2 Å². The number of hydrogen-bond acceptors (Lipinski definition) is 4. The van der Waals surface area contributed by atoms with Crippen LogP contribution >= 0.6 is 0 Å². The molecule has 4 heteroatoms. The first kappa shape index (κ1) is 22.1. The van der Waals surface area contributed by atoms with Crippen molar-refractivity contribution in [3.63, 3.8) is 0 Å². The van der Waals surface area contributed by atoms with Gasteiger partial charge in [0.25, 0.3) is 0 Å². The minimum absolute atomic E-state index is 0.284. The van der Waals surface area contributed by atoms with Crippen LogP contribution in [0.3, 0.4) is 0 Å². The molecular formula is C20H31NO3. The van der Waals surface area contributed by atoms with Crippen molar-refractivity contribution in [1.29, 1.82) is 5.26 Å². The van der Waals surface area contributed by atoms with Crippen molar-refractivity contribution < 1.29 is 14.3 Å². The number of esters is 1. The van der Waals surface area contributed by atoms with E-state index >= 15 is 0 Å². The number of ether oxygens (including phenoxy) is 1. The lowest BCUT2D eigenvalue weighted by atomic mass is 10.0. The monoisotopic (exact) mass is 333 g/mol. The molecule has 134 valence electrons. The summed E-state index contributed by atoms with van der Waals surface area (Å²) in [4.78, 5) is 23.7. The van der Waals surface area contributed by atoms with E-state index in [0.29, 0.717) is 12.0 Å². The second kappa shape index (κ2) is 13.5. The molecule has 0 aromatic heterocycles. The van der Waals surface area contributed by atoms with Crippen molar-refractivity contribution in [2.75, 3.05) is 0 Å². The molecule has 0 aromatic rings. The van der Waals surface area contributed by atoms with Crippen molar-refractivity contribution >= 4 is 11.8 Å². The van der Waals surface area contributed by atoms with E-state index in [-0.39, 0.29) is 11.4 Å². The van der Waals surface area contributed by atoms with Crippen LogP contribution < -0.4 is 0 Å². The molecule has 0 spiro atoms. The number of hydrogen-bond donors (Lipinski definition) is 0. The second-order valence-electron chi connectivity index (χ2n) is 6.25. The highest BCUT2D eigenvalue weighted by Gasteiger charge is 2.24. The fourth-order valence-corrected chi connectivity index (χ4v) is 2.40. The molecule has 24 heavy (non-hydrogen) atoms. The first-order valence-corrected chi connectivity index (χ1v) is 8.93. The molecule has 0 fully saturated rings. The Kier molecular flexibility index (Phi) is 12.5. The van der Waals surface area contributed by atoms with Crippen molar-refractivity contribution in [3.05, 3.63) is 24.3 Å². The lowest BCUT2D eigenvalue weighted by molar-refractivity contribution is -0.150. The minimum atomic E-state index is -0.857. The van der Waals surface area contributed by atoms with Gasteiger partial charge in [-0.2, -0.15) is 5.26 Å². The summed E-state index contributed by atoms with van der Waals surface area (Å²) in [5.74, 6) is -1.11. The smallest absolute Gasteiger partial charge is 0.348 e. The van der Waals surface area contributed by atoms with E-state index < -0.39 is 12.1 Å². The molecule has 0 N–H and O–H groups in total. The fourth-order valence-electron chi connectivity index (χ4n) is 2.40. The van der Waals surface area contributed by atoms with Crippen LogP contribution in [-0.4, -0.2) is 17.9 Å². The summed E-state index contributed by atoms with van der Waals surface area (Å²) in [6.45, 7) is 10.7. The number of Topliss-reactive ketones (excluding diaryl/α,β-unsaturated/α-hetero) is 1. The maximum Gasteiger partial charge on any atom is 0.348 e. The zero-order valence-electron chi connectivity index (χ0n) is 15.2. The number of carbonyl (C=O) groups is 2. The van der Waals surface area contributed by atoms with E-state index in [2.05, 4.69) is 20.1 Å². The van der Waals surface area contributed by atoms with E-state index in [9.17, 15) is 9.59 Å². The molecule has 0 amide bonds. The molecule has 4 nitrogen and oxygen atoms in total. The summed E-state index contributed by atoms with van der Waals surface area (Å²) in [7, 11) is 0. The van der Waals surface area contributed by atoms with Crippen LogP contribution in [0.5, 0.6) is 0 Å². The number of rotatable bonds is 14. The third kappa shape index (κ3) is 9.99. The Labute approximate surface area is 146 Å². The zero-order chi connectivity index (χ0) is 18.4. The van der Waals surface area contributed by atoms with Gasteiger partial charge in [-0.15, -0.1) is 0 Å². The van der Waals surface area contributed by atoms with E-state index in [1.54, 1.807) is 13.0 Å². The highest BCUT2D eigenvalue weighted by molar-refractivity contribution is 6.00. The van der Waals surface area contributed by atoms with E-state index in [0.717, 1.165) is 19.3 Å². The largest absolute Gasteiger partial charge is 0.450 e. The standard InChI is InChI=1S/C20H31NO3/c1-5-6-7-8-9-10-11-12-13-14-18(19(22)16(2)3)24-20(23)17(4)15-21/h18H,2,4-14H2,1,3H3. The van der Waals surface area contributed by atoms with Gasteiger partial charge in [-0.3, -0.25) is 4.79 Å². The van der Waals surface area contributed by atoms with Gasteiger partial charge < -0.3 is 4.74 Å². The molecule has 0 heterocycles. The van der Waals surface area contributed by atoms with Crippen molar-refractivity contribution in [2.24, 2.45) is 0 Å². The zero-order valence-corrected chi connectivity index (χ0v) is 15.2. The molecule has 0 saturated carbocycles. The van der Waals surface area contributed by atoms with Crippen LogP contribution in [0.25, 0.3) is 0 Å². The molecule has 0 aliphatic rings. The summed E-state index contributed by atoms with van der Waals surface area (Å²) >= 11 is 0. The predicted octanol–water partition coefficient (Wildman–Crippen LogP) is 5.04. The Hall–Kier alpha value is -1.89. The van der Waals surface area contributed by atoms with E-state index in [4.69, 9.17) is 10.00 Å². The topological polar surface area (TPSA) is 67.2 Å². The second-order valence-corrected chi connectivity index (χ2v) is 6.25. The summed E-state index contributed by atoms with van der Waals surface area (Å²) in [6, 6.07) is 1.64. The minimum Gasteiger partial charge on any atom is -0.450 e. The molecule has 0 aliphatic heterocycles. The van der Waals surface area contributed by atoms with Gasteiger partial charge in [-0.05, 0) is 25.3 Å². The molecule has 0 bridgehead atoms. The van der Waals surface area contributed by atoms with E-state index in [1.165, 1.54) is 38.5 Å². The molecule has 1 unspecified atom stereocenters. The lowest BCUT2D eigenvalue weighted by Gasteiger charge is -2.16. The van der Waals surface area contributed by atoms with Gasteiger partial charge in [0.15, 0.2) is 11.9 Å². The van der Waals surface area contributed by atoms with Gasteiger partial charge in [0.2, 0.25) is 0 Å². The number of nitrogens with zero attached hydrogens (tertiary/aromatic N) is 1. The molecule has 0 saturated heterocycles. The number of unbranched alkanes of at least 4 members (excludes halogenated alkanes) is 8. The molecule has 0 radical (unpaired) electrons. The van der Waals surface area contributed by atoms with Crippen LogP contribution in [0.1, 0.15) is 78.1 Å². The van der Waals surface area contributed by atoms with Gasteiger partial charge in [-0.25, -0.2) is 4.79 Å². The van der Waals surface area contributed by atoms with Crippen LogP contribution in [0.4, 0.5) is 0 Å². The average molecular weight is 333 g/mol. The van der Waals surface area contributed by atoms with Crippen LogP contribution in [0.15, 0.2) is 24.3 Å². The summed E-state index contributed by atoms with van der Waals surface area (Å²) in [5.41, 5.74) is 0.0629. The number of ketones is 1. The van der Waals surface area contributed by atoms with Crippen LogP contribution in [-0.2, 0) is 14.3 Å². The Morgan fingerprint density at radius 3 is 1.96 bits per heavy atom. The predicted molar refractivity (Wildman–Crippen MR) is 96.3 cm³/mol. The lowest BCUT2D eigenvalue weighted by Crippen LogP contribution is -2.28. The maximum atomic E-state index is 12.1.